The van der Waals surface area contributed by atoms with Crippen molar-refractivity contribution in [2.24, 2.45) is 5.73 Å². The number of allylic oxidation sites excluding steroid dienone is 2. The molecule has 0 unspecified atom stereocenters. The molecule has 1 heterocycles. The maximum absolute atomic E-state index is 12.0. The van der Waals surface area contributed by atoms with Crippen molar-refractivity contribution in [3.8, 4) is 5.75 Å². The molecule has 0 amide bonds. The summed E-state index contributed by atoms with van der Waals surface area (Å²) >= 11 is 0. The smallest absolute Gasteiger partial charge is 0.178 e. The lowest BCUT2D eigenvalue weighted by Gasteiger charge is -2.33. The molecule has 1 aliphatic heterocycles. The zero-order chi connectivity index (χ0) is 15.6. The first kappa shape index (κ1) is 15.1. The lowest BCUT2D eigenvalue weighted by Crippen LogP contribution is -2.37. The Bertz CT molecular complexity index is 620. The highest BCUT2D eigenvalue weighted by Gasteiger charge is 2.26. The predicted molar refractivity (Wildman–Crippen MR) is 81.2 cm³/mol. The number of rotatable bonds is 4. The Labute approximate surface area is 124 Å². The molecule has 0 saturated carbocycles. The molecule has 112 valence electrons. The number of anilines is 1. The van der Waals surface area contributed by atoms with E-state index in [9.17, 15) is 9.59 Å². The van der Waals surface area contributed by atoms with Gasteiger partial charge in [-0.1, -0.05) is 13.0 Å². The number of ketones is 2. The lowest BCUT2D eigenvalue weighted by molar-refractivity contribution is -0.116. The molecule has 5 nitrogen and oxygen atoms in total. The van der Waals surface area contributed by atoms with Crippen LogP contribution in [0, 0.1) is 0 Å². The zero-order valence-corrected chi connectivity index (χ0v) is 12.6. The monoisotopic (exact) mass is 288 g/mol. The highest BCUT2D eigenvalue weighted by molar-refractivity contribution is 6.06. The molecule has 0 atom stereocenters. The quantitative estimate of drug-likeness (QED) is 0.855. The van der Waals surface area contributed by atoms with Gasteiger partial charge in [0, 0.05) is 13.8 Å². The number of carbonyl (C=O) groups is 2. The number of benzene rings is 1. The van der Waals surface area contributed by atoms with Crippen molar-refractivity contribution in [2.75, 3.05) is 18.1 Å². The molecule has 0 aromatic heterocycles. The van der Waals surface area contributed by atoms with Crippen LogP contribution < -0.4 is 15.4 Å². The van der Waals surface area contributed by atoms with Crippen LogP contribution in [0.5, 0.6) is 5.75 Å². The molecule has 1 aliphatic rings. The predicted octanol–water partition coefficient (Wildman–Crippen LogP) is 1.80. The summed E-state index contributed by atoms with van der Waals surface area (Å²) < 4.78 is 5.62. The molecular weight excluding hydrogens is 268 g/mol. The van der Waals surface area contributed by atoms with Crippen LogP contribution in [-0.4, -0.2) is 24.7 Å². The van der Waals surface area contributed by atoms with Gasteiger partial charge in [0.2, 0.25) is 0 Å². The van der Waals surface area contributed by atoms with E-state index in [0.717, 1.165) is 17.7 Å². The summed E-state index contributed by atoms with van der Waals surface area (Å²) in [5.41, 5.74) is 8.01. The normalized spacial score (nSPS) is 14.9. The fraction of sp³-hybridized carbons (Fsp3) is 0.375. The summed E-state index contributed by atoms with van der Waals surface area (Å²) in [6.07, 6.45) is 0.877. The molecule has 2 rings (SSSR count). The molecule has 0 fully saturated rings. The van der Waals surface area contributed by atoms with Crippen LogP contribution in [0.4, 0.5) is 5.69 Å². The van der Waals surface area contributed by atoms with Crippen LogP contribution in [0.2, 0.25) is 0 Å². The number of ether oxygens (including phenoxy) is 1. The summed E-state index contributed by atoms with van der Waals surface area (Å²) in [4.78, 5) is 25.3. The fourth-order valence-corrected chi connectivity index (χ4v) is 2.41. The van der Waals surface area contributed by atoms with Gasteiger partial charge in [0.15, 0.2) is 11.6 Å². The summed E-state index contributed by atoms with van der Waals surface area (Å²) in [6.45, 7) is 5.77. The number of Topliss-reactive ketones (excluding diaryl/α,β-unsaturated/α-hetero) is 2. The Hall–Kier alpha value is -2.30. The first-order valence-corrected chi connectivity index (χ1v) is 7.00. The van der Waals surface area contributed by atoms with Gasteiger partial charge in [-0.15, -0.1) is 0 Å². The van der Waals surface area contributed by atoms with Crippen molar-refractivity contribution in [1.29, 1.82) is 0 Å². The molecule has 1 aromatic carbocycles. The molecule has 1 aromatic rings. The van der Waals surface area contributed by atoms with Gasteiger partial charge in [0.05, 0.1) is 12.2 Å². The van der Waals surface area contributed by atoms with Crippen molar-refractivity contribution in [3.63, 3.8) is 0 Å². The van der Waals surface area contributed by atoms with E-state index in [0.29, 0.717) is 18.9 Å². The zero-order valence-electron chi connectivity index (χ0n) is 12.6. The van der Waals surface area contributed by atoms with Gasteiger partial charge in [-0.2, -0.15) is 0 Å². The van der Waals surface area contributed by atoms with Gasteiger partial charge in [-0.3, -0.25) is 9.59 Å². The Kier molecular flexibility index (Phi) is 4.31. The summed E-state index contributed by atoms with van der Waals surface area (Å²) in [5, 5.41) is 0. The number of hydrogen-bond acceptors (Lipinski definition) is 5. The Morgan fingerprint density at radius 2 is 2.00 bits per heavy atom. The van der Waals surface area contributed by atoms with Crippen molar-refractivity contribution in [2.45, 2.75) is 27.2 Å². The summed E-state index contributed by atoms with van der Waals surface area (Å²) in [6, 6.07) is 5.86. The maximum atomic E-state index is 12.0. The first-order chi connectivity index (χ1) is 9.95. The van der Waals surface area contributed by atoms with Crippen LogP contribution >= 0.6 is 0 Å². The molecular formula is C16H20N2O3. The second kappa shape index (κ2) is 5.99. The van der Waals surface area contributed by atoms with Gasteiger partial charge in [-0.25, -0.2) is 0 Å². The molecule has 0 saturated heterocycles. The minimum atomic E-state index is -0.306. The van der Waals surface area contributed by atoms with E-state index in [2.05, 4.69) is 6.92 Å². The first-order valence-electron chi connectivity index (χ1n) is 7.00. The van der Waals surface area contributed by atoms with E-state index in [1.165, 1.54) is 13.8 Å². The number of carbonyl (C=O) groups excluding carboxylic acids is 2. The molecule has 0 aliphatic carbocycles. The SMILES string of the molecule is CCc1ccc2c(c1)N(/C(C(C)=O)=C(\N)C(C)=O)CCO2. The van der Waals surface area contributed by atoms with Gasteiger partial charge < -0.3 is 15.4 Å². The number of nitrogens with two attached hydrogens (primary N) is 1. The molecule has 2 N–H and O–H groups in total. The standard InChI is InChI=1S/C16H20N2O3/c1-4-12-5-6-14-13(9-12)18(7-8-21-14)16(11(3)20)15(17)10(2)19/h5-6,9H,4,7-8,17H2,1-3H3/b16-15-. The third-order valence-electron chi connectivity index (χ3n) is 3.53. The molecule has 21 heavy (non-hydrogen) atoms. The van der Waals surface area contributed by atoms with Crippen molar-refractivity contribution < 1.29 is 14.3 Å². The molecule has 0 radical (unpaired) electrons. The number of fused-ring (bicyclic) bond motifs is 1. The Morgan fingerprint density at radius 3 is 2.57 bits per heavy atom. The number of aryl methyl sites for hydroxylation is 1. The second-order valence-electron chi connectivity index (χ2n) is 5.03. The average Bonchev–Trinajstić information content (AvgIpc) is 2.46. The van der Waals surface area contributed by atoms with Gasteiger partial charge >= 0.3 is 0 Å². The highest BCUT2D eigenvalue weighted by atomic mass is 16.5. The summed E-state index contributed by atoms with van der Waals surface area (Å²) in [7, 11) is 0. The molecule has 0 spiro atoms. The van der Waals surface area contributed by atoms with Crippen LogP contribution in [0.1, 0.15) is 26.3 Å². The highest BCUT2D eigenvalue weighted by Crippen LogP contribution is 2.35. The summed E-state index contributed by atoms with van der Waals surface area (Å²) in [5.74, 6) is 0.172. The minimum absolute atomic E-state index is 0.00254. The van der Waals surface area contributed by atoms with Crippen LogP contribution in [0.3, 0.4) is 0 Å². The third-order valence-corrected chi connectivity index (χ3v) is 3.53. The van der Waals surface area contributed by atoms with Gasteiger partial charge in [-0.05, 0) is 24.1 Å². The number of nitrogens with zero attached hydrogens (tertiary/aromatic N) is 1. The van der Waals surface area contributed by atoms with E-state index < -0.39 is 0 Å². The Balaban J connectivity index is 2.58. The second-order valence-corrected chi connectivity index (χ2v) is 5.03. The largest absolute Gasteiger partial charge is 0.490 e. The van der Waals surface area contributed by atoms with Gasteiger partial charge in [0.1, 0.15) is 23.8 Å². The van der Waals surface area contributed by atoms with Crippen LogP contribution in [0.15, 0.2) is 29.6 Å². The van der Waals surface area contributed by atoms with Crippen molar-refractivity contribution >= 4 is 17.3 Å². The van der Waals surface area contributed by atoms with E-state index in [-0.39, 0.29) is 23.0 Å². The van der Waals surface area contributed by atoms with E-state index >= 15 is 0 Å². The van der Waals surface area contributed by atoms with E-state index in [1.807, 2.05) is 18.2 Å². The van der Waals surface area contributed by atoms with E-state index in [1.54, 1.807) is 4.90 Å². The van der Waals surface area contributed by atoms with Gasteiger partial charge in [0.25, 0.3) is 0 Å². The fourth-order valence-electron chi connectivity index (χ4n) is 2.41. The van der Waals surface area contributed by atoms with Crippen molar-refractivity contribution in [3.05, 3.63) is 35.2 Å². The topological polar surface area (TPSA) is 72.6 Å². The van der Waals surface area contributed by atoms with E-state index in [4.69, 9.17) is 10.5 Å². The molecule has 5 heteroatoms. The Morgan fingerprint density at radius 1 is 1.29 bits per heavy atom. The minimum Gasteiger partial charge on any atom is -0.490 e. The van der Waals surface area contributed by atoms with Crippen molar-refractivity contribution in [1.82, 2.24) is 0 Å². The lowest BCUT2D eigenvalue weighted by atomic mass is 10.1. The molecule has 0 bridgehead atoms. The number of hydrogen-bond donors (Lipinski definition) is 1. The average molecular weight is 288 g/mol. The van der Waals surface area contributed by atoms with Crippen LogP contribution in [0.25, 0.3) is 0 Å². The third kappa shape index (κ3) is 2.91. The van der Waals surface area contributed by atoms with Crippen LogP contribution in [-0.2, 0) is 16.0 Å². The maximum Gasteiger partial charge on any atom is 0.178 e.